The second-order valence-corrected chi connectivity index (χ2v) is 4.36. The highest BCUT2D eigenvalue weighted by molar-refractivity contribution is 5.98. The van der Waals surface area contributed by atoms with E-state index < -0.39 is 0 Å². The van der Waals surface area contributed by atoms with Crippen molar-refractivity contribution in [1.29, 1.82) is 0 Å². The molecule has 0 aliphatic carbocycles. The number of amides is 1. The molecule has 2 rings (SSSR count). The Morgan fingerprint density at radius 3 is 3.00 bits per heavy atom. The van der Waals surface area contributed by atoms with E-state index in [-0.39, 0.29) is 11.9 Å². The van der Waals surface area contributed by atoms with Gasteiger partial charge in [0.15, 0.2) is 0 Å². The summed E-state index contributed by atoms with van der Waals surface area (Å²) in [5, 5.41) is 3.78. The minimum atomic E-state index is -0.144. The Bertz CT molecular complexity index is 562. The molecule has 1 unspecified atom stereocenters. The van der Waals surface area contributed by atoms with Gasteiger partial charge in [-0.3, -0.25) is 4.79 Å². The van der Waals surface area contributed by atoms with Crippen LogP contribution in [0.3, 0.4) is 0 Å². The van der Waals surface area contributed by atoms with Crippen LogP contribution in [0.1, 0.15) is 17.4 Å². The van der Waals surface area contributed by atoms with Crippen molar-refractivity contribution in [2.75, 3.05) is 19.5 Å². The van der Waals surface area contributed by atoms with Crippen LogP contribution in [0.5, 0.6) is 0 Å². The zero-order valence-corrected chi connectivity index (χ0v) is 10.5. The van der Waals surface area contributed by atoms with Gasteiger partial charge in [0.05, 0.1) is 6.61 Å². The maximum atomic E-state index is 12.0. The number of rotatable bonds is 4. The smallest absolute Gasteiger partial charge is 0.268 e. The minimum absolute atomic E-state index is 0.0287. The molecule has 1 aromatic heterocycles. The van der Waals surface area contributed by atoms with Gasteiger partial charge >= 0.3 is 0 Å². The third-order valence-corrected chi connectivity index (χ3v) is 2.68. The fraction of sp³-hybridized carbons (Fsp3) is 0.308. The fourth-order valence-corrected chi connectivity index (χ4v) is 1.87. The molecule has 18 heavy (non-hydrogen) atoms. The molecule has 0 spiro atoms. The summed E-state index contributed by atoms with van der Waals surface area (Å²) >= 11 is 0. The molecule has 0 bridgehead atoms. The highest BCUT2D eigenvalue weighted by Gasteiger charge is 2.12. The van der Waals surface area contributed by atoms with Crippen molar-refractivity contribution in [2.24, 2.45) is 0 Å². The Morgan fingerprint density at radius 1 is 1.50 bits per heavy atom. The van der Waals surface area contributed by atoms with Crippen molar-refractivity contribution in [3.8, 4) is 0 Å². The molecule has 4 N–H and O–H groups in total. The minimum Gasteiger partial charge on any atom is -0.399 e. The number of ether oxygens (including phenoxy) is 1. The van der Waals surface area contributed by atoms with Gasteiger partial charge < -0.3 is 20.8 Å². The first-order valence-electron chi connectivity index (χ1n) is 5.78. The molecule has 1 atom stereocenters. The summed E-state index contributed by atoms with van der Waals surface area (Å²) in [4.78, 5) is 15.0. The molecular formula is C13H17N3O2. The van der Waals surface area contributed by atoms with Crippen LogP contribution in [-0.2, 0) is 4.74 Å². The van der Waals surface area contributed by atoms with Crippen molar-refractivity contribution in [1.82, 2.24) is 10.3 Å². The second kappa shape index (κ2) is 5.10. The van der Waals surface area contributed by atoms with Gasteiger partial charge in [0.25, 0.3) is 5.91 Å². The van der Waals surface area contributed by atoms with E-state index in [2.05, 4.69) is 10.3 Å². The number of methoxy groups -OCH3 is 1. The summed E-state index contributed by atoms with van der Waals surface area (Å²) in [5.41, 5.74) is 7.80. The number of hydrogen-bond donors (Lipinski definition) is 3. The molecule has 0 fully saturated rings. The van der Waals surface area contributed by atoms with Crippen LogP contribution in [0.4, 0.5) is 5.69 Å². The predicted octanol–water partition coefficient (Wildman–Crippen LogP) is 1.51. The molecule has 0 saturated carbocycles. The van der Waals surface area contributed by atoms with Gasteiger partial charge in [0.2, 0.25) is 0 Å². The Hall–Kier alpha value is -2.01. The molecule has 1 amide bonds. The number of benzene rings is 1. The molecule has 0 saturated heterocycles. The van der Waals surface area contributed by atoms with Gasteiger partial charge in [-0.2, -0.15) is 0 Å². The first kappa shape index (κ1) is 12.4. The largest absolute Gasteiger partial charge is 0.399 e. The highest BCUT2D eigenvalue weighted by atomic mass is 16.5. The summed E-state index contributed by atoms with van der Waals surface area (Å²) in [5.74, 6) is -0.144. The van der Waals surface area contributed by atoms with E-state index in [1.165, 1.54) is 0 Å². The molecule has 0 aliphatic heterocycles. The van der Waals surface area contributed by atoms with Gasteiger partial charge in [-0.25, -0.2) is 0 Å². The van der Waals surface area contributed by atoms with E-state index in [0.29, 0.717) is 18.0 Å². The fourth-order valence-electron chi connectivity index (χ4n) is 1.87. The lowest BCUT2D eigenvalue weighted by Crippen LogP contribution is -2.35. The number of fused-ring (bicyclic) bond motifs is 1. The van der Waals surface area contributed by atoms with Crippen molar-refractivity contribution in [2.45, 2.75) is 13.0 Å². The molecule has 0 aliphatic rings. The number of nitrogens with one attached hydrogen (secondary N) is 2. The average Bonchev–Trinajstić information content (AvgIpc) is 2.72. The summed E-state index contributed by atoms with van der Waals surface area (Å²) in [6.45, 7) is 2.38. The van der Waals surface area contributed by atoms with E-state index in [9.17, 15) is 4.79 Å². The first-order valence-corrected chi connectivity index (χ1v) is 5.78. The average molecular weight is 247 g/mol. The molecule has 1 heterocycles. The number of anilines is 1. The predicted molar refractivity (Wildman–Crippen MR) is 71.5 cm³/mol. The Kier molecular flexibility index (Phi) is 3.53. The Balaban J connectivity index is 2.18. The normalized spacial score (nSPS) is 12.6. The third kappa shape index (κ3) is 2.62. The van der Waals surface area contributed by atoms with Crippen LogP contribution in [0.15, 0.2) is 24.3 Å². The molecule has 1 aromatic carbocycles. The molecular weight excluding hydrogens is 230 g/mol. The maximum absolute atomic E-state index is 12.0. The lowest BCUT2D eigenvalue weighted by atomic mass is 10.2. The van der Waals surface area contributed by atoms with Gasteiger partial charge in [-0.15, -0.1) is 0 Å². The van der Waals surface area contributed by atoms with E-state index >= 15 is 0 Å². The second-order valence-electron chi connectivity index (χ2n) is 4.36. The van der Waals surface area contributed by atoms with Gasteiger partial charge in [0, 0.05) is 29.7 Å². The molecule has 96 valence electrons. The molecule has 5 heteroatoms. The number of nitrogen functional groups attached to an aromatic ring is 1. The zero-order valence-electron chi connectivity index (χ0n) is 10.5. The number of nitrogens with two attached hydrogens (primary N) is 1. The highest BCUT2D eigenvalue weighted by Crippen LogP contribution is 2.18. The van der Waals surface area contributed by atoms with E-state index in [4.69, 9.17) is 10.5 Å². The Labute approximate surface area is 105 Å². The van der Waals surface area contributed by atoms with Crippen molar-refractivity contribution >= 4 is 22.5 Å². The number of H-pyrrole nitrogens is 1. The summed E-state index contributed by atoms with van der Waals surface area (Å²) in [7, 11) is 1.61. The van der Waals surface area contributed by atoms with E-state index in [1.54, 1.807) is 19.2 Å². The van der Waals surface area contributed by atoms with Crippen LogP contribution in [0, 0.1) is 0 Å². The van der Waals surface area contributed by atoms with Crippen LogP contribution in [0.25, 0.3) is 10.9 Å². The topological polar surface area (TPSA) is 80.1 Å². The molecule has 0 radical (unpaired) electrons. The van der Waals surface area contributed by atoms with Crippen LogP contribution < -0.4 is 11.1 Å². The molecule has 2 aromatic rings. The van der Waals surface area contributed by atoms with Crippen LogP contribution in [0.2, 0.25) is 0 Å². The summed E-state index contributed by atoms with van der Waals surface area (Å²) in [6.07, 6.45) is 0. The Morgan fingerprint density at radius 2 is 2.28 bits per heavy atom. The third-order valence-electron chi connectivity index (χ3n) is 2.68. The van der Waals surface area contributed by atoms with Crippen molar-refractivity contribution in [3.63, 3.8) is 0 Å². The number of aromatic nitrogens is 1. The van der Waals surface area contributed by atoms with Gasteiger partial charge in [-0.1, -0.05) is 0 Å². The van der Waals surface area contributed by atoms with E-state index in [0.717, 1.165) is 10.9 Å². The van der Waals surface area contributed by atoms with E-state index in [1.807, 2.05) is 19.1 Å². The number of carbonyl (C=O) groups excluding carboxylic acids is 1. The maximum Gasteiger partial charge on any atom is 0.268 e. The first-order chi connectivity index (χ1) is 8.60. The zero-order chi connectivity index (χ0) is 13.1. The van der Waals surface area contributed by atoms with Gasteiger partial charge in [0.1, 0.15) is 5.69 Å². The van der Waals surface area contributed by atoms with Crippen molar-refractivity contribution in [3.05, 3.63) is 30.0 Å². The lowest BCUT2D eigenvalue weighted by Gasteiger charge is -2.11. The summed E-state index contributed by atoms with van der Waals surface area (Å²) in [6, 6.07) is 7.26. The number of hydrogen-bond acceptors (Lipinski definition) is 3. The van der Waals surface area contributed by atoms with Crippen LogP contribution >= 0.6 is 0 Å². The van der Waals surface area contributed by atoms with Gasteiger partial charge in [-0.05, 0) is 31.2 Å². The monoisotopic (exact) mass is 247 g/mol. The standard InChI is InChI=1S/C13H17N3O2/c1-8(7-18-2)15-13(17)12-6-9-5-10(14)3-4-11(9)16-12/h3-6,8,16H,7,14H2,1-2H3,(H,15,17). The van der Waals surface area contributed by atoms with Crippen LogP contribution in [-0.4, -0.2) is 30.6 Å². The number of aromatic amines is 1. The SMILES string of the molecule is COCC(C)NC(=O)c1cc2cc(N)ccc2[nH]1. The number of carbonyl (C=O) groups is 1. The van der Waals surface area contributed by atoms with Crippen molar-refractivity contribution < 1.29 is 9.53 Å². The lowest BCUT2D eigenvalue weighted by molar-refractivity contribution is 0.0901. The molecule has 5 nitrogen and oxygen atoms in total. The quantitative estimate of drug-likeness (QED) is 0.716. The summed E-state index contributed by atoms with van der Waals surface area (Å²) < 4.78 is 4.97.